The summed E-state index contributed by atoms with van der Waals surface area (Å²) in [6, 6.07) is 7.25. The average Bonchev–Trinajstić information content (AvgIpc) is 2.43. The maximum Gasteiger partial charge on any atom is 0.123 e. The number of rotatable bonds is 6. The second-order valence-electron chi connectivity index (χ2n) is 5.14. The summed E-state index contributed by atoms with van der Waals surface area (Å²) in [6.07, 6.45) is 0.954. The van der Waals surface area contributed by atoms with Crippen LogP contribution in [0.5, 0.6) is 0 Å². The number of thioether (sulfide) groups is 1. The van der Waals surface area contributed by atoms with Crippen molar-refractivity contribution in [3.05, 3.63) is 35.6 Å². The van der Waals surface area contributed by atoms with Crippen molar-refractivity contribution in [1.29, 1.82) is 0 Å². The van der Waals surface area contributed by atoms with E-state index in [-0.39, 0.29) is 5.82 Å². The molecule has 106 valence electrons. The summed E-state index contributed by atoms with van der Waals surface area (Å²) in [6.45, 7) is 6.80. The molecule has 1 fully saturated rings. The zero-order chi connectivity index (χ0) is 13.5. The first-order valence-corrected chi connectivity index (χ1v) is 8.17. The van der Waals surface area contributed by atoms with Crippen LogP contribution in [0.4, 0.5) is 4.39 Å². The van der Waals surface area contributed by atoms with E-state index >= 15 is 0 Å². The van der Waals surface area contributed by atoms with Crippen LogP contribution in [-0.4, -0.2) is 48.6 Å². The van der Waals surface area contributed by atoms with E-state index in [1.54, 1.807) is 0 Å². The second kappa shape index (κ2) is 7.88. The van der Waals surface area contributed by atoms with Gasteiger partial charge in [-0.3, -0.25) is 0 Å². The molecule has 0 radical (unpaired) electrons. The molecule has 0 aromatic heterocycles. The molecule has 1 aromatic carbocycles. The van der Waals surface area contributed by atoms with Gasteiger partial charge in [-0.2, -0.15) is 11.8 Å². The predicted molar refractivity (Wildman–Crippen MR) is 81.3 cm³/mol. The van der Waals surface area contributed by atoms with Gasteiger partial charge in [0.2, 0.25) is 0 Å². The molecule has 4 heteroatoms. The summed E-state index contributed by atoms with van der Waals surface area (Å²) in [4.78, 5) is 2.52. The largest absolute Gasteiger partial charge is 0.313 e. The van der Waals surface area contributed by atoms with Crippen LogP contribution in [0.15, 0.2) is 24.3 Å². The lowest BCUT2D eigenvalue weighted by atomic mass is 10.1. The standard InChI is InChI=1S/C15H23FN2S/c1-13(12-14-2-4-15(16)5-3-14)17-6-7-18-8-10-19-11-9-18/h2-5,13,17H,6-12H2,1H3. The van der Waals surface area contributed by atoms with Crippen molar-refractivity contribution in [2.75, 3.05) is 37.7 Å². The highest BCUT2D eigenvalue weighted by Gasteiger charge is 2.10. The predicted octanol–water partition coefficient (Wildman–Crippen LogP) is 2.40. The maximum absolute atomic E-state index is 12.8. The molecular formula is C15H23FN2S. The molecule has 0 amide bonds. The van der Waals surface area contributed by atoms with E-state index in [2.05, 4.69) is 17.1 Å². The van der Waals surface area contributed by atoms with Crippen LogP contribution >= 0.6 is 11.8 Å². The van der Waals surface area contributed by atoms with Gasteiger partial charge in [0.1, 0.15) is 5.82 Å². The molecule has 2 nitrogen and oxygen atoms in total. The summed E-state index contributed by atoms with van der Waals surface area (Å²) in [7, 11) is 0. The smallest absolute Gasteiger partial charge is 0.123 e. The average molecular weight is 282 g/mol. The fourth-order valence-corrected chi connectivity index (χ4v) is 3.32. The van der Waals surface area contributed by atoms with Crippen molar-refractivity contribution in [2.24, 2.45) is 0 Å². The Bertz CT molecular complexity index is 363. The lowest BCUT2D eigenvalue weighted by Gasteiger charge is -2.26. The monoisotopic (exact) mass is 282 g/mol. The number of benzene rings is 1. The van der Waals surface area contributed by atoms with Crippen molar-refractivity contribution in [2.45, 2.75) is 19.4 Å². The van der Waals surface area contributed by atoms with Crippen molar-refractivity contribution in [3.8, 4) is 0 Å². The van der Waals surface area contributed by atoms with Gasteiger partial charge in [-0.15, -0.1) is 0 Å². The topological polar surface area (TPSA) is 15.3 Å². The van der Waals surface area contributed by atoms with Gasteiger partial charge < -0.3 is 10.2 Å². The molecule has 0 aliphatic carbocycles. The number of hydrogen-bond donors (Lipinski definition) is 1. The van der Waals surface area contributed by atoms with Crippen LogP contribution in [0.2, 0.25) is 0 Å². The quantitative estimate of drug-likeness (QED) is 0.862. The van der Waals surface area contributed by atoms with Gasteiger partial charge in [-0.05, 0) is 31.0 Å². The maximum atomic E-state index is 12.8. The van der Waals surface area contributed by atoms with Crippen LogP contribution in [0.1, 0.15) is 12.5 Å². The van der Waals surface area contributed by atoms with Gasteiger partial charge in [0.25, 0.3) is 0 Å². The zero-order valence-electron chi connectivity index (χ0n) is 11.6. The summed E-state index contributed by atoms with van der Waals surface area (Å²) >= 11 is 2.05. The zero-order valence-corrected chi connectivity index (χ0v) is 12.4. The van der Waals surface area contributed by atoms with E-state index in [4.69, 9.17) is 0 Å². The molecule has 0 saturated carbocycles. The minimum atomic E-state index is -0.160. The first-order valence-electron chi connectivity index (χ1n) is 7.02. The minimum absolute atomic E-state index is 0.160. The van der Waals surface area contributed by atoms with Crippen LogP contribution < -0.4 is 5.32 Å². The Balaban J connectivity index is 1.63. The molecule has 1 aliphatic rings. The fourth-order valence-electron chi connectivity index (χ4n) is 2.34. The molecule has 19 heavy (non-hydrogen) atoms. The first-order chi connectivity index (χ1) is 9.24. The molecule has 0 bridgehead atoms. The van der Waals surface area contributed by atoms with E-state index in [1.165, 1.54) is 42.3 Å². The minimum Gasteiger partial charge on any atom is -0.313 e. The molecule has 1 unspecified atom stereocenters. The lowest BCUT2D eigenvalue weighted by Crippen LogP contribution is -2.40. The Morgan fingerprint density at radius 2 is 1.95 bits per heavy atom. The van der Waals surface area contributed by atoms with Crippen LogP contribution in [0, 0.1) is 5.82 Å². The van der Waals surface area contributed by atoms with E-state index in [9.17, 15) is 4.39 Å². The SMILES string of the molecule is CC(Cc1ccc(F)cc1)NCCN1CCSCC1. The van der Waals surface area contributed by atoms with E-state index in [0.29, 0.717) is 6.04 Å². The van der Waals surface area contributed by atoms with Gasteiger partial charge in [0.15, 0.2) is 0 Å². The van der Waals surface area contributed by atoms with Crippen LogP contribution in [0.3, 0.4) is 0 Å². The van der Waals surface area contributed by atoms with Crippen LogP contribution in [0.25, 0.3) is 0 Å². The third-order valence-corrected chi connectivity index (χ3v) is 4.42. The Labute approximate surface area is 119 Å². The number of halogens is 1. The van der Waals surface area contributed by atoms with Gasteiger partial charge in [0, 0.05) is 43.7 Å². The molecule has 1 atom stereocenters. The molecule has 1 saturated heterocycles. The number of nitrogens with one attached hydrogen (secondary N) is 1. The third kappa shape index (κ3) is 5.51. The molecule has 1 N–H and O–H groups in total. The van der Waals surface area contributed by atoms with E-state index < -0.39 is 0 Å². The summed E-state index contributed by atoms with van der Waals surface area (Å²) < 4.78 is 12.8. The van der Waals surface area contributed by atoms with E-state index in [0.717, 1.165) is 19.5 Å². The van der Waals surface area contributed by atoms with Crippen LogP contribution in [-0.2, 0) is 6.42 Å². The Kier molecular flexibility index (Phi) is 6.14. The highest BCUT2D eigenvalue weighted by Crippen LogP contribution is 2.08. The normalized spacial score (nSPS) is 18.4. The first kappa shape index (κ1) is 14.8. The Morgan fingerprint density at radius 3 is 2.63 bits per heavy atom. The van der Waals surface area contributed by atoms with Gasteiger partial charge in [0.05, 0.1) is 0 Å². The number of hydrogen-bond acceptors (Lipinski definition) is 3. The van der Waals surface area contributed by atoms with E-state index in [1.807, 2.05) is 23.9 Å². The summed E-state index contributed by atoms with van der Waals surface area (Å²) in [5.41, 5.74) is 1.19. The lowest BCUT2D eigenvalue weighted by molar-refractivity contribution is 0.296. The third-order valence-electron chi connectivity index (χ3n) is 3.48. The molecule has 1 aromatic rings. The van der Waals surface area contributed by atoms with Gasteiger partial charge >= 0.3 is 0 Å². The molecule has 0 spiro atoms. The molecule has 1 aliphatic heterocycles. The second-order valence-corrected chi connectivity index (χ2v) is 6.36. The fraction of sp³-hybridized carbons (Fsp3) is 0.600. The Hall–Kier alpha value is -0.580. The summed E-state index contributed by atoms with van der Waals surface area (Å²) in [5, 5.41) is 3.55. The molecular weight excluding hydrogens is 259 g/mol. The molecule has 2 rings (SSSR count). The van der Waals surface area contributed by atoms with Crippen molar-refractivity contribution in [1.82, 2.24) is 10.2 Å². The molecule has 1 heterocycles. The summed E-state index contributed by atoms with van der Waals surface area (Å²) in [5.74, 6) is 2.38. The highest BCUT2D eigenvalue weighted by atomic mass is 32.2. The Morgan fingerprint density at radius 1 is 1.26 bits per heavy atom. The van der Waals surface area contributed by atoms with Crippen molar-refractivity contribution >= 4 is 11.8 Å². The number of nitrogens with zero attached hydrogens (tertiary/aromatic N) is 1. The van der Waals surface area contributed by atoms with Gasteiger partial charge in [-0.25, -0.2) is 4.39 Å². The van der Waals surface area contributed by atoms with Crippen molar-refractivity contribution < 1.29 is 4.39 Å². The highest BCUT2D eigenvalue weighted by molar-refractivity contribution is 7.99. The van der Waals surface area contributed by atoms with Crippen molar-refractivity contribution in [3.63, 3.8) is 0 Å². The van der Waals surface area contributed by atoms with Gasteiger partial charge in [-0.1, -0.05) is 12.1 Å².